The Morgan fingerprint density at radius 3 is 1.96 bits per heavy atom. The molecule has 0 amide bonds. The van der Waals surface area contributed by atoms with E-state index in [0.29, 0.717) is 10.8 Å². The first-order valence-electron chi connectivity index (χ1n) is 8.02. The molecule has 23 heavy (non-hydrogen) atoms. The molecule has 4 heteroatoms. The van der Waals surface area contributed by atoms with E-state index in [0.717, 1.165) is 23.1 Å². The van der Waals surface area contributed by atoms with E-state index in [1.165, 1.54) is 0 Å². The van der Waals surface area contributed by atoms with Crippen molar-refractivity contribution in [2.24, 2.45) is 0 Å². The van der Waals surface area contributed by atoms with Gasteiger partial charge in [0.15, 0.2) is 0 Å². The molecule has 0 saturated heterocycles. The predicted molar refractivity (Wildman–Crippen MR) is 95.1 cm³/mol. The molecule has 0 heterocycles. The Labute approximate surface area is 139 Å². The van der Waals surface area contributed by atoms with E-state index in [-0.39, 0.29) is 6.04 Å². The largest absolute Gasteiger partial charge is 0.241 e. The zero-order valence-corrected chi connectivity index (χ0v) is 15.0. The molecule has 3 nitrogen and oxygen atoms in total. The third-order valence-corrected chi connectivity index (χ3v) is 5.84. The second kappa shape index (κ2) is 7.28. The Hall–Kier alpha value is -1.65. The average molecular weight is 331 g/mol. The number of hydrogen-bond donors (Lipinski definition) is 1. The van der Waals surface area contributed by atoms with Crippen molar-refractivity contribution in [2.45, 2.75) is 51.0 Å². The zero-order chi connectivity index (χ0) is 17.0. The molecule has 0 spiro atoms. The van der Waals surface area contributed by atoms with Gasteiger partial charge in [0.25, 0.3) is 0 Å². The Balaban J connectivity index is 2.16. The minimum Gasteiger partial charge on any atom is -0.207 e. The number of nitrogens with one attached hydrogen (secondary N) is 1. The first kappa shape index (κ1) is 17.7. The van der Waals surface area contributed by atoms with Gasteiger partial charge >= 0.3 is 0 Å². The van der Waals surface area contributed by atoms with Crippen LogP contribution >= 0.6 is 0 Å². The van der Waals surface area contributed by atoms with Crippen molar-refractivity contribution >= 4 is 10.0 Å². The topological polar surface area (TPSA) is 46.2 Å². The van der Waals surface area contributed by atoms with Gasteiger partial charge in [-0.15, -0.1) is 0 Å². The van der Waals surface area contributed by atoms with Crippen LogP contribution in [-0.2, 0) is 10.0 Å². The summed E-state index contributed by atoms with van der Waals surface area (Å²) in [6.07, 6.45) is 1.04. The van der Waals surface area contributed by atoms with Crippen molar-refractivity contribution in [1.82, 2.24) is 4.72 Å². The standard InChI is InChI=1S/C19H25NO2S/c1-5-15(3)17-10-12-19(13-11-17)23(21,22)20-16(4)18-8-6-14(2)7-9-18/h6-13,15-16,20H,5H2,1-4H3. The second-order valence-electron chi connectivity index (χ2n) is 6.13. The van der Waals surface area contributed by atoms with Crippen molar-refractivity contribution in [3.05, 3.63) is 65.2 Å². The van der Waals surface area contributed by atoms with Crippen LogP contribution in [0.5, 0.6) is 0 Å². The highest BCUT2D eigenvalue weighted by molar-refractivity contribution is 7.89. The van der Waals surface area contributed by atoms with Gasteiger partial charge in [-0.3, -0.25) is 0 Å². The summed E-state index contributed by atoms with van der Waals surface area (Å²) < 4.78 is 27.8. The molecular weight excluding hydrogens is 306 g/mol. The van der Waals surface area contributed by atoms with E-state index < -0.39 is 10.0 Å². The maximum Gasteiger partial charge on any atom is 0.241 e. The van der Waals surface area contributed by atoms with E-state index in [1.807, 2.05) is 50.2 Å². The van der Waals surface area contributed by atoms with E-state index in [1.54, 1.807) is 12.1 Å². The van der Waals surface area contributed by atoms with Gasteiger partial charge in [0.1, 0.15) is 0 Å². The van der Waals surface area contributed by atoms with Gasteiger partial charge in [-0.2, -0.15) is 0 Å². The molecule has 2 atom stereocenters. The van der Waals surface area contributed by atoms with Gasteiger partial charge in [0.2, 0.25) is 10.0 Å². The molecule has 0 saturated carbocycles. The van der Waals surface area contributed by atoms with Gasteiger partial charge in [-0.1, -0.05) is 55.8 Å². The molecule has 0 aromatic heterocycles. The lowest BCUT2D eigenvalue weighted by Gasteiger charge is -2.16. The van der Waals surface area contributed by atoms with Gasteiger partial charge in [-0.05, 0) is 49.4 Å². The van der Waals surface area contributed by atoms with Crippen LogP contribution in [0, 0.1) is 6.92 Å². The normalized spacial score (nSPS) is 14.4. The summed E-state index contributed by atoms with van der Waals surface area (Å²) in [5.74, 6) is 0.436. The fourth-order valence-corrected chi connectivity index (χ4v) is 3.67. The fraction of sp³-hybridized carbons (Fsp3) is 0.368. The van der Waals surface area contributed by atoms with E-state index in [9.17, 15) is 8.42 Å². The maximum absolute atomic E-state index is 12.5. The first-order chi connectivity index (χ1) is 10.8. The Morgan fingerprint density at radius 1 is 0.913 bits per heavy atom. The molecule has 0 aliphatic carbocycles. The summed E-state index contributed by atoms with van der Waals surface area (Å²) >= 11 is 0. The Bertz CT molecular complexity index is 734. The van der Waals surface area contributed by atoms with Gasteiger partial charge in [-0.25, -0.2) is 13.1 Å². The van der Waals surface area contributed by atoms with Crippen molar-refractivity contribution in [2.75, 3.05) is 0 Å². The summed E-state index contributed by atoms with van der Waals surface area (Å²) in [6.45, 7) is 8.13. The molecule has 0 aliphatic rings. The molecular formula is C19H25NO2S. The highest BCUT2D eigenvalue weighted by Gasteiger charge is 2.18. The predicted octanol–water partition coefficient (Wildman–Crippen LogP) is 4.55. The second-order valence-corrected chi connectivity index (χ2v) is 7.85. The van der Waals surface area contributed by atoms with Crippen molar-refractivity contribution in [3.8, 4) is 0 Å². The molecule has 2 aromatic carbocycles. The summed E-state index contributed by atoms with van der Waals surface area (Å²) in [5.41, 5.74) is 3.28. The molecule has 0 radical (unpaired) electrons. The number of aryl methyl sites for hydroxylation is 1. The fourth-order valence-electron chi connectivity index (χ4n) is 2.44. The molecule has 0 bridgehead atoms. The van der Waals surface area contributed by atoms with Gasteiger partial charge < -0.3 is 0 Å². The highest BCUT2D eigenvalue weighted by atomic mass is 32.2. The lowest BCUT2D eigenvalue weighted by atomic mass is 9.99. The third-order valence-electron chi connectivity index (χ3n) is 4.28. The molecule has 2 rings (SSSR count). The van der Waals surface area contributed by atoms with E-state index >= 15 is 0 Å². The molecule has 2 aromatic rings. The van der Waals surface area contributed by atoms with Crippen molar-refractivity contribution in [3.63, 3.8) is 0 Å². The van der Waals surface area contributed by atoms with Crippen LogP contribution in [0.15, 0.2) is 53.4 Å². The third kappa shape index (κ3) is 4.43. The summed E-state index contributed by atoms with van der Waals surface area (Å²) in [5, 5.41) is 0. The smallest absolute Gasteiger partial charge is 0.207 e. The van der Waals surface area contributed by atoms with Crippen LogP contribution in [0.1, 0.15) is 55.8 Å². The Kier molecular flexibility index (Phi) is 5.60. The molecule has 0 fully saturated rings. The molecule has 2 unspecified atom stereocenters. The maximum atomic E-state index is 12.5. The summed E-state index contributed by atoms with van der Waals surface area (Å²) in [6, 6.07) is 14.8. The lowest BCUT2D eigenvalue weighted by Crippen LogP contribution is -2.26. The molecule has 124 valence electrons. The van der Waals surface area contributed by atoms with E-state index in [4.69, 9.17) is 0 Å². The molecule has 0 aliphatic heterocycles. The van der Waals surface area contributed by atoms with Gasteiger partial charge in [0, 0.05) is 6.04 Å². The van der Waals surface area contributed by atoms with Gasteiger partial charge in [0.05, 0.1) is 4.90 Å². The number of benzene rings is 2. The zero-order valence-electron chi connectivity index (χ0n) is 14.2. The van der Waals surface area contributed by atoms with E-state index in [2.05, 4.69) is 18.6 Å². The van der Waals surface area contributed by atoms with Crippen LogP contribution in [0.4, 0.5) is 0 Å². The van der Waals surface area contributed by atoms with Crippen molar-refractivity contribution < 1.29 is 8.42 Å². The number of sulfonamides is 1. The average Bonchev–Trinajstić information content (AvgIpc) is 2.54. The van der Waals surface area contributed by atoms with Crippen LogP contribution in [0.3, 0.4) is 0 Å². The quantitative estimate of drug-likeness (QED) is 0.844. The van der Waals surface area contributed by atoms with Crippen LogP contribution in [0.25, 0.3) is 0 Å². The summed E-state index contributed by atoms with van der Waals surface area (Å²) in [7, 11) is -3.52. The highest BCUT2D eigenvalue weighted by Crippen LogP contribution is 2.22. The number of hydrogen-bond acceptors (Lipinski definition) is 2. The Morgan fingerprint density at radius 2 is 1.43 bits per heavy atom. The van der Waals surface area contributed by atoms with Crippen molar-refractivity contribution in [1.29, 1.82) is 0 Å². The monoisotopic (exact) mass is 331 g/mol. The minimum absolute atomic E-state index is 0.269. The lowest BCUT2D eigenvalue weighted by molar-refractivity contribution is 0.567. The first-order valence-corrected chi connectivity index (χ1v) is 9.50. The van der Waals surface area contributed by atoms with Crippen LogP contribution < -0.4 is 4.72 Å². The summed E-state index contributed by atoms with van der Waals surface area (Å²) in [4.78, 5) is 0.309. The van der Waals surface area contributed by atoms with Crippen LogP contribution in [0.2, 0.25) is 0 Å². The number of rotatable bonds is 6. The molecule has 1 N–H and O–H groups in total. The SMILES string of the molecule is CCC(C)c1ccc(S(=O)(=O)NC(C)c2ccc(C)cc2)cc1. The minimum atomic E-state index is -3.52. The van der Waals surface area contributed by atoms with Crippen LogP contribution in [-0.4, -0.2) is 8.42 Å².